The SMILES string of the molecule is O=C(O)C1CCCC(C(=O)N2CCOC(c3ccc(F)cc3)C2)C1. The van der Waals surface area contributed by atoms with Crippen molar-refractivity contribution in [3.63, 3.8) is 0 Å². The highest BCUT2D eigenvalue weighted by Crippen LogP contribution is 2.32. The highest BCUT2D eigenvalue weighted by molar-refractivity contribution is 5.80. The molecule has 1 aromatic rings. The zero-order valence-corrected chi connectivity index (χ0v) is 13.5. The summed E-state index contributed by atoms with van der Waals surface area (Å²) in [4.78, 5) is 25.7. The Kier molecular flexibility index (Phi) is 5.14. The van der Waals surface area contributed by atoms with Crippen molar-refractivity contribution in [3.8, 4) is 0 Å². The van der Waals surface area contributed by atoms with Gasteiger partial charge in [-0.3, -0.25) is 9.59 Å². The van der Waals surface area contributed by atoms with Crippen molar-refractivity contribution in [1.29, 1.82) is 0 Å². The van der Waals surface area contributed by atoms with E-state index in [1.165, 1.54) is 12.1 Å². The van der Waals surface area contributed by atoms with Crippen LogP contribution in [-0.4, -0.2) is 41.6 Å². The summed E-state index contributed by atoms with van der Waals surface area (Å²) in [6.45, 7) is 1.38. The summed E-state index contributed by atoms with van der Waals surface area (Å²) >= 11 is 0. The molecule has 3 rings (SSSR count). The number of halogens is 1. The maximum Gasteiger partial charge on any atom is 0.306 e. The predicted molar refractivity (Wildman–Crippen MR) is 84.8 cm³/mol. The Bertz CT molecular complexity index is 604. The Morgan fingerprint density at radius 3 is 2.58 bits per heavy atom. The minimum Gasteiger partial charge on any atom is -0.481 e. The molecule has 0 radical (unpaired) electrons. The van der Waals surface area contributed by atoms with E-state index < -0.39 is 11.9 Å². The first kappa shape index (κ1) is 16.9. The molecule has 0 spiro atoms. The smallest absolute Gasteiger partial charge is 0.306 e. The van der Waals surface area contributed by atoms with Crippen LogP contribution >= 0.6 is 0 Å². The number of hydrogen-bond acceptors (Lipinski definition) is 3. The van der Waals surface area contributed by atoms with Crippen LogP contribution < -0.4 is 0 Å². The molecule has 1 aromatic carbocycles. The minimum absolute atomic E-state index is 0.0244. The third kappa shape index (κ3) is 3.75. The Morgan fingerprint density at radius 2 is 1.88 bits per heavy atom. The summed E-state index contributed by atoms with van der Waals surface area (Å²) in [6, 6.07) is 6.13. The molecule has 0 bridgehead atoms. The Labute approximate surface area is 140 Å². The van der Waals surface area contributed by atoms with Gasteiger partial charge in [-0.2, -0.15) is 0 Å². The first-order chi connectivity index (χ1) is 11.5. The second-order valence-corrected chi connectivity index (χ2v) is 6.59. The van der Waals surface area contributed by atoms with E-state index in [2.05, 4.69) is 0 Å². The number of morpholine rings is 1. The van der Waals surface area contributed by atoms with Gasteiger partial charge in [-0.1, -0.05) is 18.6 Å². The fraction of sp³-hybridized carbons (Fsp3) is 0.556. The molecular weight excluding hydrogens is 313 g/mol. The number of benzene rings is 1. The first-order valence-corrected chi connectivity index (χ1v) is 8.43. The van der Waals surface area contributed by atoms with Gasteiger partial charge in [-0.05, 0) is 37.0 Å². The van der Waals surface area contributed by atoms with Gasteiger partial charge in [0.25, 0.3) is 0 Å². The molecule has 1 N–H and O–H groups in total. The maximum absolute atomic E-state index is 13.1. The molecule has 3 unspecified atom stereocenters. The van der Waals surface area contributed by atoms with Gasteiger partial charge in [-0.15, -0.1) is 0 Å². The van der Waals surface area contributed by atoms with E-state index in [4.69, 9.17) is 4.74 Å². The molecule has 5 nitrogen and oxygen atoms in total. The predicted octanol–water partition coefficient (Wildman–Crippen LogP) is 2.62. The summed E-state index contributed by atoms with van der Waals surface area (Å²) in [6.07, 6.45) is 2.34. The van der Waals surface area contributed by atoms with Crippen LogP contribution in [0.3, 0.4) is 0 Å². The Balaban J connectivity index is 1.64. The van der Waals surface area contributed by atoms with Crippen LogP contribution in [0.1, 0.15) is 37.4 Å². The molecule has 0 aromatic heterocycles. The third-order valence-electron chi connectivity index (χ3n) is 4.99. The van der Waals surface area contributed by atoms with Crippen LogP contribution in [-0.2, 0) is 14.3 Å². The van der Waals surface area contributed by atoms with Crippen molar-refractivity contribution in [1.82, 2.24) is 4.90 Å². The Morgan fingerprint density at radius 1 is 1.17 bits per heavy atom. The fourth-order valence-corrected chi connectivity index (χ4v) is 3.63. The molecule has 1 aliphatic carbocycles. The normalized spacial score (nSPS) is 27.7. The van der Waals surface area contributed by atoms with E-state index >= 15 is 0 Å². The lowest BCUT2D eigenvalue weighted by atomic mass is 9.80. The van der Waals surface area contributed by atoms with Gasteiger partial charge >= 0.3 is 5.97 Å². The molecule has 1 aliphatic heterocycles. The summed E-state index contributed by atoms with van der Waals surface area (Å²) in [7, 11) is 0. The first-order valence-electron chi connectivity index (χ1n) is 8.43. The number of ether oxygens (including phenoxy) is 1. The van der Waals surface area contributed by atoms with Gasteiger partial charge in [0.2, 0.25) is 5.91 Å². The number of carboxylic acid groups (broad SMARTS) is 1. The lowest BCUT2D eigenvalue weighted by molar-refractivity contribution is -0.148. The van der Waals surface area contributed by atoms with Crippen molar-refractivity contribution in [2.24, 2.45) is 11.8 Å². The van der Waals surface area contributed by atoms with Crippen LogP contribution in [0.15, 0.2) is 24.3 Å². The van der Waals surface area contributed by atoms with Gasteiger partial charge < -0.3 is 14.7 Å². The second kappa shape index (κ2) is 7.30. The van der Waals surface area contributed by atoms with Gasteiger partial charge in [0, 0.05) is 12.5 Å². The van der Waals surface area contributed by atoms with E-state index in [9.17, 15) is 19.1 Å². The number of aliphatic carboxylic acids is 1. The highest BCUT2D eigenvalue weighted by atomic mass is 19.1. The van der Waals surface area contributed by atoms with Gasteiger partial charge in [0.15, 0.2) is 0 Å². The van der Waals surface area contributed by atoms with Crippen LogP contribution in [0.4, 0.5) is 4.39 Å². The summed E-state index contributed by atoms with van der Waals surface area (Å²) in [5.41, 5.74) is 0.848. The molecule has 1 heterocycles. The minimum atomic E-state index is -0.807. The van der Waals surface area contributed by atoms with Crippen molar-refractivity contribution in [2.45, 2.75) is 31.8 Å². The van der Waals surface area contributed by atoms with E-state index in [1.807, 2.05) is 0 Å². The number of carbonyl (C=O) groups is 2. The molecule has 2 fully saturated rings. The molecular formula is C18H22FNO4. The molecule has 1 amide bonds. The molecule has 130 valence electrons. The number of carbonyl (C=O) groups excluding carboxylic acids is 1. The zero-order chi connectivity index (χ0) is 17.1. The largest absolute Gasteiger partial charge is 0.481 e. The number of carboxylic acids is 1. The summed E-state index contributed by atoms with van der Waals surface area (Å²) in [5, 5.41) is 9.19. The monoisotopic (exact) mass is 335 g/mol. The number of amides is 1. The van der Waals surface area contributed by atoms with Gasteiger partial charge in [0.1, 0.15) is 11.9 Å². The molecule has 24 heavy (non-hydrogen) atoms. The van der Waals surface area contributed by atoms with E-state index in [1.54, 1.807) is 17.0 Å². The van der Waals surface area contributed by atoms with E-state index in [0.29, 0.717) is 32.5 Å². The molecule has 1 saturated heterocycles. The van der Waals surface area contributed by atoms with Crippen molar-refractivity contribution >= 4 is 11.9 Å². The second-order valence-electron chi connectivity index (χ2n) is 6.59. The summed E-state index contributed by atoms with van der Waals surface area (Å²) < 4.78 is 18.8. The lowest BCUT2D eigenvalue weighted by Gasteiger charge is -2.37. The third-order valence-corrected chi connectivity index (χ3v) is 4.99. The average molecular weight is 335 g/mol. The van der Waals surface area contributed by atoms with Crippen LogP contribution in [0.5, 0.6) is 0 Å². The van der Waals surface area contributed by atoms with Crippen LogP contribution in [0.25, 0.3) is 0 Å². The molecule has 2 aliphatic rings. The van der Waals surface area contributed by atoms with Gasteiger partial charge in [0.05, 0.1) is 19.1 Å². The number of rotatable bonds is 3. The maximum atomic E-state index is 13.1. The van der Waals surface area contributed by atoms with E-state index in [0.717, 1.165) is 18.4 Å². The average Bonchev–Trinajstić information content (AvgIpc) is 2.62. The lowest BCUT2D eigenvalue weighted by Crippen LogP contribution is -2.46. The topological polar surface area (TPSA) is 66.8 Å². The quantitative estimate of drug-likeness (QED) is 0.922. The number of nitrogens with zero attached hydrogens (tertiary/aromatic N) is 1. The molecule has 1 saturated carbocycles. The highest BCUT2D eigenvalue weighted by Gasteiger charge is 2.35. The number of hydrogen-bond donors (Lipinski definition) is 1. The standard InChI is InChI=1S/C18H22FNO4/c19-15-6-4-12(5-7-15)16-11-20(8-9-24-16)17(21)13-2-1-3-14(10-13)18(22)23/h4-7,13-14,16H,1-3,8-11H2,(H,22,23). The summed E-state index contributed by atoms with van der Waals surface area (Å²) in [5.74, 6) is -1.71. The van der Waals surface area contributed by atoms with Crippen molar-refractivity contribution in [2.75, 3.05) is 19.7 Å². The van der Waals surface area contributed by atoms with Gasteiger partial charge in [-0.25, -0.2) is 4.39 Å². The molecule has 3 atom stereocenters. The van der Waals surface area contributed by atoms with Crippen molar-refractivity contribution < 1.29 is 23.8 Å². The molecule has 6 heteroatoms. The van der Waals surface area contributed by atoms with Crippen LogP contribution in [0, 0.1) is 17.7 Å². The van der Waals surface area contributed by atoms with E-state index in [-0.39, 0.29) is 23.7 Å². The fourth-order valence-electron chi connectivity index (χ4n) is 3.63. The zero-order valence-electron chi connectivity index (χ0n) is 13.5. The Hall–Kier alpha value is -1.95. The van der Waals surface area contributed by atoms with Crippen molar-refractivity contribution in [3.05, 3.63) is 35.6 Å². The van der Waals surface area contributed by atoms with Crippen LogP contribution in [0.2, 0.25) is 0 Å².